The second-order valence-corrected chi connectivity index (χ2v) is 8.60. The van der Waals surface area contributed by atoms with Crippen LogP contribution in [0.2, 0.25) is 0 Å². The topological polar surface area (TPSA) is 85.6 Å². The van der Waals surface area contributed by atoms with Gasteiger partial charge in [-0.05, 0) is 49.4 Å². The standard InChI is InChI=1S/C26H27NO5/c1-17(2)30-23(28)14-13-21-24(26(21,3)4)25(29)32-22(16-27)18-9-8-12-20(15-18)31-19-10-6-5-7-11-19/h5-15,17,21-22,24H,1-4H3/b14-13-/t21-,22+,24-/m0/s1. The molecule has 166 valence electrons. The molecule has 3 atom stereocenters. The molecule has 0 spiro atoms. The lowest BCUT2D eigenvalue weighted by molar-refractivity contribution is -0.149. The molecule has 3 rings (SSSR count). The number of nitrogens with zero attached hydrogens (tertiary/aromatic N) is 1. The highest BCUT2D eigenvalue weighted by Crippen LogP contribution is 2.59. The third-order valence-corrected chi connectivity index (χ3v) is 5.45. The molecule has 6 nitrogen and oxygen atoms in total. The average molecular weight is 434 g/mol. The fraction of sp³-hybridized carbons (Fsp3) is 0.346. The minimum atomic E-state index is -1.06. The number of para-hydroxylation sites is 1. The van der Waals surface area contributed by atoms with Crippen molar-refractivity contribution < 1.29 is 23.8 Å². The first-order chi connectivity index (χ1) is 15.2. The quantitative estimate of drug-likeness (QED) is 0.411. The Balaban J connectivity index is 1.66. The molecule has 2 aromatic rings. The highest BCUT2D eigenvalue weighted by Gasteiger charge is 2.61. The predicted octanol–water partition coefficient (Wildman–Crippen LogP) is 5.37. The fourth-order valence-electron chi connectivity index (χ4n) is 3.66. The molecule has 1 aliphatic carbocycles. The van der Waals surface area contributed by atoms with Gasteiger partial charge in [0.15, 0.2) is 0 Å². The molecule has 0 amide bonds. The monoisotopic (exact) mass is 433 g/mol. The Labute approximate surface area is 188 Å². The molecule has 1 saturated carbocycles. The summed E-state index contributed by atoms with van der Waals surface area (Å²) >= 11 is 0. The Kier molecular flexibility index (Phi) is 6.99. The van der Waals surface area contributed by atoms with Gasteiger partial charge in [0.25, 0.3) is 0 Å². The smallest absolute Gasteiger partial charge is 0.330 e. The maximum atomic E-state index is 12.8. The number of ether oxygens (including phenoxy) is 3. The number of allylic oxidation sites excluding steroid dienone is 1. The SMILES string of the molecule is CC(C)OC(=O)/C=C\[C@H]1[C@@H](C(=O)O[C@H](C#N)c2cccc(Oc3ccccc3)c2)C1(C)C. The zero-order valence-electron chi connectivity index (χ0n) is 18.6. The highest BCUT2D eigenvalue weighted by atomic mass is 16.5. The van der Waals surface area contributed by atoms with Crippen LogP contribution in [0.15, 0.2) is 66.7 Å². The molecule has 0 aliphatic heterocycles. The van der Waals surface area contributed by atoms with Gasteiger partial charge in [-0.15, -0.1) is 0 Å². The van der Waals surface area contributed by atoms with Crippen molar-refractivity contribution in [2.24, 2.45) is 17.3 Å². The molecule has 1 fully saturated rings. The van der Waals surface area contributed by atoms with E-state index in [0.29, 0.717) is 17.1 Å². The second kappa shape index (κ2) is 9.69. The van der Waals surface area contributed by atoms with Gasteiger partial charge in [0.1, 0.15) is 17.6 Å². The zero-order chi connectivity index (χ0) is 23.3. The van der Waals surface area contributed by atoms with Crippen LogP contribution in [-0.4, -0.2) is 18.0 Å². The molecule has 0 N–H and O–H groups in total. The number of hydrogen-bond acceptors (Lipinski definition) is 6. The molecule has 0 radical (unpaired) electrons. The van der Waals surface area contributed by atoms with Crippen molar-refractivity contribution in [3.8, 4) is 17.6 Å². The van der Waals surface area contributed by atoms with Crippen molar-refractivity contribution in [2.45, 2.75) is 39.9 Å². The first-order valence-electron chi connectivity index (χ1n) is 10.5. The van der Waals surface area contributed by atoms with Gasteiger partial charge in [-0.1, -0.05) is 50.3 Å². The van der Waals surface area contributed by atoms with E-state index in [1.807, 2.05) is 50.2 Å². The van der Waals surface area contributed by atoms with Crippen molar-refractivity contribution in [3.05, 3.63) is 72.3 Å². The first kappa shape index (κ1) is 23.1. The van der Waals surface area contributed by atoms with E-state index in [4.69, 9.17) is 14.2 Å². The molecule has 0 unspecified atom stereocenters. The molecular weight excluding hydrogens is 406 g/mol. The van der Waals surface area contributed by atoms with Crippen molar-refractivity contribution in [1.82, 2.24) is 0 Å². The summed E-state index contributed by atoms with van der Waals surface area (Å²) < 4.78 is 16.4. The van der Waals surface area contributed by atoms with Crippen LogP contribution in [0.5, 0.6) is 11.5 Å². The summed E-state index contributed by atoms with van der Waals surface area (Å²) in [4.78, 5) is 24.6. The highest BCUT2D eigenvalue weighted by molar-refractivity contribution is 5.83. The van der Waals surface area contributed by atoms with Crippen LogP contribution in [0.4, 0.5) is 0 Å². The Morgan fingerprint density at radius 3 is 2.38 bits per heavy atom. The molecule has 2 aromatic carbocycles. The Morgan fingerprint density at radius 1 is 1.03 bits per heavy atom. The van der Waals surface area contributed by atoms with Crippen LogP contribution < -0.4 is 4.74 Å². The maximum absolute atomic E-state index is 12.8. The minimum Gasteiger partial charge on any atom is -0.460 e. The number of nitriles is 1. The number of benzene rings is 2. The fourth-order valence-corrected chi connectivity index (χ4v) is 3.66. The van der Waals surface area contributed by atoms with Crippen LogP contribution >= 0.6 is 0 Å². The molecule has 32 heavy (non-hydrogen) atoms. The third-order valence-electron chi connectivity index (χ3n) is 5.45. The second-order valence-electron chi connectivity index (χ2n) is 8.60. The van der Waals surface area contributed by atoms with E-state index < -0.39 is 24.0 Å². The summed E-state index contributed by atoms with van der Waals surface area (Å²) in [6.07, 6.45) is 1.77. The average Bonchev–Trinajstić information content (AvgIpc) is 3.31. The van der Waals surface area contributed by atoms with Gasteiger partial charge < -0.3 is 14.2 Å². The lowest BCUT2D eigenvalue weighted by Crippen LogP contribution is -2.14. The Morgan fingerprint density at radius 2 is 1.72 bits per heavy atom. The van der Waals surface area contributed by atoms with Gasteiger partial charge in [-0.3, -0.25) is 4.79 Å². The normalized spacial score (nSPS) is 19.8. The van der Waals surface area contributed by atoms with Gasteiger partial charge in [-0.2, -0.15) is 5.26 Å². The molecule has 0 saturated heterocycles. The van der Waals surface area contributed by atoms with Crippen molar-refractivity contribution in [2.75, 3.05) is 0 Å². The van der Waals surface area contributed by atoms with Crippen LogP contribution in [0.25, 0.3) is 0 Å². The van der Waals surface area contributed by atoms with Crippen LogP contribution in [0.1, 0.15) is 39.4 Å². The van der Waals surface area contributed by atoms with Gasteiger partial charge in [0.05, 0.1) is 12.0 Å². The summed E-state index contributed by atoms with van der Waals surface area (Å²) in [5.41, 5.74) is 0.157. The largest absolute Gasteiger partial charge is 0.460 e. The summed E-state index contributed by atoms with van der Waals surface area (Å²) in [6.45, 7) is 7.40. The van der Waals surface area contributed by atoms with E-state index in [1.165, 1.54) is 6.08 Å². The summed E-state index contributed by atoms with van der Waals surface area (Å²) in [6, 6.07) is 18.2. The van der Waals surface area contributed by atoms with Crippen LogP contribution in [0.3, 0.4) is 0 Å². The van der Waals surface area contributed by atoms with Gasteiger partial charge in [0.2, 0.25) is 6.10 Å². The number of carbonyl (C=O) groups is 2. The van der Waals surface area contributed by atoms with E-state index in [0.717, 1.165) is 0 Å². The Bertz CT molecular complexity index is 1040. The molecule has 0 aromatic heterocycles. The Hall–Kier alpha value is -3.59. The van der Waals surface area contributed by atoms with Crippen LogP contribution in [-0.2, 0) is 19.1 Å². The van der Waals surface area contributed by atoms with Gasteiger partial charge in [-0.25, -0.2) is 4.79 Å². The maximum Gasteiger partial charge on any atom is 0.330 e. The van der Waals surface area contributed by atoms with E-state index in [2.05, 4.69) is 0 Å². The van der Waals surface area contributed by atoms with E-state index >= 15 is 0 Å². The van der Waals surface area contributed by atoms with Gasteiger partial charge >= 0.3 is 11.9 Å². The molecule has 6 heteroatoms. The number of esters is 2. The number of rotatable bonds is 8. The predicted molar refractivity (Wildman–Crippen MR) is 119 cm³/mol. The van der Waals surface area contributed by atoms with E-state index in [1.54, 1.807) is 44.2 Å². The number of hydrogen-bond donors (Lipinski definition) is 0. The van der Waals surface area contributed by atoms with E-state index in [-0.39, 0.29) is 17.4 Å². The molecule has 1 aliphatic rings. The molecule has 0 heterocycles. The van der Waals surface area contributed by atoms with Gasteiger partial charge in [0, 0.05) is 11.6 Å². The van der Waals surface area contributed by atoms with Crippen molar-refractivity contribution >= 4 is 11.9 Å². The number of carbonyl (C=O) groups excluding carboxylic acids is 2. The van der Waals surface area contributed by atoms with Crippen molar-refractivity contribution in [3.63, 3.8) is 0 Å². The third kappa shape index (κ3) is 5.55. The van der Waals surface area contributed by atoms with Crippen molar-refractivity contribution in [1.29, 1.82) is 5.26 Å². The van der Waals surface area contributed by atoms with E-state index in [9.17, 15) is 14.9 Å². The molecule has 0 bridgehead atoms. The first-order valence-corrected chi connectivity index (χ1v) is 10.5. The summed E-state index contributed by atoms with van der Waals surface area (Å²) in [7, 11) is 0. The lowest BCUT2D eigenvalue weighted by Gasteiger charge is -2.13. The lowest BCUT2D eigenvalue weighted by atomic mass is 10.1. The summed E-state index contributed by atoms with van der Waals surface area (Å²) in [5.74, 6) is -0.309. The zero-order valence-corrected chi connectivity index (χ0v) is 18.6. The van der Waals surface area contributed by atoms with Crippen LogP contribution in [0, 0.1) is 28.6 Å². The summed E-state index contributed by atoms with van der Waals surface area (Å²) in [5, 5.41) is 9.62. The minimum absolute atomic E-state index is 0.165. The molecular formula is C26H27NO5.